The zero-order valence-corrected chi connectivity index (χ0v) is 12.3. The zero-order valence-electron chi connectivity index (χ0n) is 12.3. The van der Waals surface area contributed by atoms with Crippen molar-refractivity contribution in [2.24, 2.45) is 17.3 Å². The lowest BCUT2D eigenvalue weighted by Gasteiger charge is -2.36. The lowest BCUT2D eigenvalue weighted by molar-refractivity contribution is -0.126. The second-order valence-corrected chi connectivity index (χ2v) is 6.84. The van der Waals surface area contributed by atoms with Crippen LogP contribution < -0.4 is 5.32 Å². The summed E-state index contributed by atoms with van der Waals surface area (Å²) in [5.41, 5.74) is 0.369. The Bertz CT molecular complexity index is 260. The van der Waals surface area contributed by atoms with Crippen LogP contribution in [-0.2, 0) is 4.79 Å². The van der Waals surface area contributed by atoms with Gasteiger partial charge in [-0.05, 0) is 50.4 Å². The molecule has 1 amide bonds. The van der Waals surface area contributed by atoms with Gasteiger partial charge in [0.05, 0.1) is 6.10 Å². The maximum absolute atomic E-state index is 11.9. The van der Waals surface area contributed by atoms with Crippen LogP contribution >= 0.6 is 0 Å². The summed E-state index contributed by atoms with van der Waals surface area (Å²) < 4.78 is 0. The summed E-state index contributed by atoms with van der Waals surface area (Å²) in [5.74, 6) is 1.12. The highest BCUT2D eigenvalue weighted by atomic mass is 16.3. The van der Waals surface area contributed by atoms with Gasteiger partial charge in [-0.25, -0.2) is 0 Å². The third-order valence-corrected chi connectivity index (χ3v) is 4.18. The number of aliphatic hydroxyl groups excluding tert-OH is 1. The van der Waals surface area contributed by atoms with Crippen molar-refractivity contribution in [3.63, 3.8) is 0 Å². The monoisotopic (exact) mass is 255 g/mol. The van der Waals surface area contributed by atoms with Gasteiger partial charge in [0.2, 0.25) is 5.91 Å². The van der Waals surface area contributed by atoms with Crippen molar-refractivity contribution < 1.29 is 9.90 Å². The van der Waals surface area contributed by atoms with Crippen LogP contribution in [-0.4, -0.2) is 23.7 Å². The fourth-order valence-electron chi connectivity index (χ4n) is 2.77. The molecule has 0 aromatic heterocycles. The quantitative estimate of drug-likeness (QED) is 0.811. The van der Waals surface area contributed by atoms with E-state index < -0.39 is 0 Å². The molecule has 1 aliphatic rings. The normalized spacial score (nSPS) is 26.7. The first-order valence-electron chi connectivity index (χ1n) is 7.26. The highest BCUT2D eigenvalue weighted by Crippen LogP contribution is 2.39. The molecule has 3 nitrogen and oxygen atoms in total. The van der Waals surface area contributed by atoms with Crippen LogP contribution in [0.2, 0.25) is 0 Å². The Labute approximate surface area is 111 Å². The number of carbonyl (C=O) groups excluding carboxylic acids is 1. The number of amides is 1. The lowest BCUT2D eigenvalue weighted by atomic mass is 9.69. The zero-order chi connectivity index (χ0) is 13.8. The molecule has 1 atom stereocenters. The van der Waals surface area contributed by atoms with Gasteiger partial charge in [-0.15, -0.1) is 0 Å². The molecule has 1 aliphatic carbocycles. The Hall–Kier alpha value is -0.570. The Morgan fingerprint density at radius 1 is 1.28 bits per heavy atom. The molecule has 3 heteroatoms. The van der Waals surface area contributed by atoms with Crippen molar-refractivity contribution >= 4 is 5.91 Å². The van der Waals surface area contributed by atoms with Gasteiger partial charge in [0.25, 0.3) is 0 Å². The van der Waals surface area contributed by atoms with Gasteiger partial charge in [0.1, 0.15) is 0 Å². The fourth-order valence-corrected chi connectivity index (χ4v) is 2.77. The number of rotatable bonds is 4. The summed E-state index contributed by atoms with van der Waals surface area (Å²) in [5, 5.41) is 12.1. The minimum atomic E-state index is -0.332. The SMILES string of the molecule is CC(O)CCNC(=O)C1CCC(C(C)(C)C)CC1. The van der Waals surface area contributed by atoms with Crippen molar-refractivity contribution in [2.45, 2.75) is 65.9 Å². The maximum atomic E-state index is 11.9. The van der Waals surface area contributed by atoms with Crippen LogP contribution in [0.3, 0.4) is 0 Å². The van der Waals surface area contributed by atoms with Crippen molar-refractivity contribution in [3.05, 3.63) is 0 Å². The van der Waals surface area contributed by atoms with Gasteiger partial charge in [-0.3, -0.25) is 4.79 Å². The number of nitrogens with one attached hydrogen (secondary N) is 1. The summed E-state index contributed by atoms with van der Waals surface area (Å²) in [6, 6.07) is 0. The highest BCUT2D eigenvalue weighted by molar-refractivity contribution is 5.78. The summed E-state index contributed by atoms with van der Waals surface area (Å²) in [7, 11) is 0. The predicted octanol–water partition coefficient (Wildman–Crippen LogP) is 2.73. The van der Waals surface area contributed by atoms with Crippen LogP contribution in [0, 0.1) is 17.3 Å². The minimum absolute atomic E-state index is 0.183. The van der Waals surface area contributed by atoms with Crippen LogP contribution in [0.1, 0.15) is 59.8 Å². The molecule has 2 N–H and O–H groups in total. The maximum Gasteiger partial charge on any atom is 0.223 e. The molecule has 0 bridgehead atoms. The van der Waals surface area contributed by atoms with Gasteiger partial charge >= 0.3 is 0 Å². The molecule has 0 aromatic carbocycles. The summed E-state index contributed by atoms with van der Waals surface area (Å²) in [6.07, 6.45) is 4.67. The number of hydrogen-bond donors (Lipinski definition) is 2. The topological polar surface area (TPSA) is 49.3 Å². The van der Waals surface area contributed by atoms with Gasteiger partial charge in [0, 0.05) is 12.5 Å². The minimum Gasteiger partial charge on any atom is -0.393 e. The van der Waals surface area contributed by atoms with E-state index in [0.29, 0.717) is 18.4 Å². The van der Waals surface area contributed by atoms with E-state index in [-0.39, 0.29) is 17.9 Å². The molecule has 1 unspecified atom stereocenters. The molecular weight excluding hydrogens is 226 g/mol. The Morgan fingerprint density at radius 3 is 2.28 bits per heavy atom. The molecule has 0 spiro atoms. The molecule has 0 aromatic rings. The van der Waals surface area contributed by atoms with Crippen LogP contribution in [0.15, 0.2) is 0 Å². The number of carbonyl (C=O) groups is 1. The average Bonchev–Trinajstić information content (AvgIpc) is 2.27. The van der Waals surface area contributed by atoms with E-state index in [1.807, 2.05) is 0 Å². The Morgan fingerprint density at radius 2 is 1.83 bits per heavy atom. The first kappa shape index (κ1) is 15.5. The lowest BCUT2D eigenvalue weighted by Crippen LogP contribution is -2.36. The molecule has 1 saturated carbocycles. The third-order valence-electron chi connectivity index (χ3n) is 4.18. The van der Waals surface area contributed by atoms with Crippen LogP contribution in [0.4, 0.5) is 0 Å². The van der Waals surface area contributed by atoms with E-state index in [2.05, 4.69) is 26.1 Å². The predicted molar refractivity (Wildman–Crippen MR) is 74.2 cm³/mol. The van der Waals surface area contributed by atoms with E-state index in [0.717, 1.165) is 31.6 Å². The van der Waals surface area contributed by atoms with E-state index in [4.69, 9.17) is 5.11 Å². The average molecular weight is 255 g/mol. The molecule has 0 aliphatic heterocycles. The van der Waals surface area contributed by atoms with E-state index >= 15 is 0 Å². The standard InChI is InChI=1S/C15H29NO2/c1-11(17)9-10-16-14(18)12-5-7-13(8-6-12)15(2,3)4/h11-13,17H,5-10H2,1-4H3,(H,16,18). The Kier molecular flexibility index (Phi) is 5.64. The van der Waals surface area contributed by atoms with Gasteiger partial charge < -0.3 is 10.4 Å². The molecule has 0 heterocycles. The summed E-state index contributed by atoms with van der Waals surface area (Å²) in [6.45, 7) is 9.22. The first-order chi connectivity index (χ1) is 8.30. The second kappa shape index (κ2) is 6.55. The van der Waals surface area contributed by atoms with Gasteiger partial charge in [0.15, 0.2) is 0 Å². The molecule has 1 rings (SSSR count). The van der Waals surface area contributed by atoms with E-state index in [9.17, 15) is 4.79 Å². The summed E-state index contributed by atoms with van der Waals surface area (Å²) >= 11 is 0. The van der Waals surface area contributed by atoms with Crippen molar-refractivity contribution in [2.75, 3.05) is 6.54 Å². The van der Waals surface area contributed by atoms with Crippen molar-refractivity contribution in [3.8, 4) is 0 Å². The second-order valence-electron chi connectivity index (χ2n) is 6.84. The summed E-state index contributed by atoms with van der Waals surface area (Å²) in [4.78, 5) is 11.9. The van der Waals surface area contributed by atoms with Crippen molar-refractivity contribution in [1.29, 1.82) is 0 Å². The Balaban J connectivity index is 2.28. The third kappa shape index (κ3) is 4.97. The van der Waals surface area contributed by atoms with Crippen LogP contribution in [0.25, 0.3) is 0 Å². The van der Waals surface area contributed by atoms with Crippen molar-refractivity contribution in [1.82, 2.24) is 5.32 Å². The van der Waals surface area contributed by atoms with E-state index in [1.54, 1.807) is 6.92 Å². The molecule has 0 saturated heterocycles. The van der Waals surface area contributed by atoms with Gasteiger partial charge in [-0.1, -0.05) is 20.8 Å². The fraction of sp³-hybridized carbons (Fsp3) is 0.933. The molecule has 18 heavy (non-hydrogen) atoms. The van der Waals surface area contributed by atoms with E-state index in [1.165, 1.54) is 0 Å². The molecule has 106 valence electrons. The van der Waals surface area contributed by atoms with Crippen LogP contribution in [0.5, 0.6) is 0 Å². The molecular formula is C15H29NO2. The molecule has 0 radical (unpaired) electrons. The molecule has 1 fully saturated rings. The first-order valence-corrected chi connectivity index (χ1v) is 7.26. The largest absolute Gasteiger partial charge is 0.393 e. The number of aliphatic hydroxyl groups is 1. The smallest absolute Gasteiger partial charge is 0.223 e. The number of hydrogen-bond acceptors (Lipinski definition) is 2. The highest BCUT2D eigenvalue weighted by Gasteiger charge is 2.32. The van der Waals surface area contributed by atoms with Gasteiger partial charge in [-0.2, -0.15) is 0 Å².